The molecule has 3 N–H and O–H groups in total. The molecule has 38 heavy (non-hydrogen) atoms. The van der Waals surface area contributed by atoms with E-state index in [9.17, 15) is 23.1 Å². The van der Waals surface area contributed by atoms with Gasteiger partial charge in [-0.2, -0.15) is 0 Å². The van der Waals surface area contributed by atoms with E-state index in [2.05, 4.69) is 0 Å². The second kappa shape index (κ2) is 9.51. The lowest BCUT2D eigenvalue weighted by Crippen LogP contribution is -2.29. The molecule has 1 fully saturated rings. The van der Waals surface area contributed by atoms with Crippen molar-refractivity contribution in [3.8, 4) is 11.5 Å². The minimum Gasteiger partial charge on any atom is -0.507 e. The summed E-state index contributed by atoms with van der Waals surface area (Å²) in [4.78, 5) is 29.9. The molecule has 1 unspecified atom stereocenters. The zero-order valence-electron chi connectivity index (χ0n) is 20.6. The lowest BCUT2D eigenvalue weighted by Gasteiger charge is -2.28. The molecule has 5 rings (SSSR count). The number of rotatable bonds is 5. The van der Waals surface area contributed by atoms with Gasteiger partial charge < -0.3 is 19.5 Å². The van der Waals surface area contributed by atoms with Crippen molar-refractivity contribution in [1.29, 1.82) is 0 Å². The summed E-state index contributed by atoms with van der Waals surface area (Å²) >= 11 is 0. The number of likely N-dealkylation sites (N-methyl/N-ethyl adjacent to an activating group) is 1. The number of nitrogens with two attached hydrogens (primary N) is 1. The van der Waals surface area contributed by atoms with Gasteiger partial charge in [0.1, 0.15) is 23.9 Å². The first-order chi connectivity index (χ1) is 18.1. The van der Waals surface area contributed by atoms with Gasteiger partial charge in [0.05, 0.1) is 35.9 Å². The third kappa shape index (κ3) is 4.35. The van der Waals surface area contributed by atoms with Gasteiger partial charge in [-0.3, -0.25) is 14.5 Å². The second-order valence-corrected chi connectivity index (χ2v) is 10.5. The average molecular weight is 536 g/mol. The maximum atomic E-state index is 13.4. The number of anilines is 2. The Morgan fingerprint density at radius 2 is 1.82 bits per heavy atom. The van der Waals surface area contributed by atoms with Gasteiger partial charge in [-0.15, -0.1) is 0 Å². The molecule has 0 saturated carbocycles. The molecule has 2 aliphatic heterocycles. The summed E-state index contributed by atoms with van der Waals surface area (Å²) in [5, 5.41) is 16.7. The Bertz CT molecular complexity index is 1580. The molecular weight excluding hydrogens is 510 g/mol. The average Bonchev–Trinajstić information content (AvgIpc) is 3.18. The van der Waals surface area contributed by atoms with Crippen LogP contribution >= 0.6 is 0 Å². The Hall–Kier alpha value is -4.35. The summed E-state index contributed by atoms with van der Waals surface area (Å²) in [5.74, 6) is -0.962. The summed E-state index contributed by atoms with van der Waals surface area (Å²) in [6.07, 6.45) is 0. The Kier molecular flexibility index (Phi) is 6.33. The number of methoxy groups -OCH3 is 1. The van der Waals surface area contributed by atoms with Gasteiger partial charge in [0, 0.05) is 18.3 Å². The third-order valence-electron chi connectivity index (χ3n) is 6.63. The summed E-state index contributed by atoms with van der Waals surface area (Å²) in [6.45, 7) is 1.18. The molecule has 196 valence electrons. The van der Waals surface area contributed by atoms with Crippen LogP contribution in [0.5, 0.6) is 11.5 Å². The number of sulfonamides is 1. The fourth-order valence-corrected chi connectivity index (χ4v) is 5.19. The minimum atomic E-state index is -3.96. The molecule has 10 nitrogen and oxygen atoms in total. The number of carbonyl (C=O) groups is 2. The predicted molar refractivity (Wildman–Crippen MR) is 141 cm³/mol. The van der Waals surface area contributed by atoms with Gasteiger partial charge in [0.2, 0.25) is 10.0 Å². The lowest BCUT2D eigenvalue weighted by molar-refractivity contribution is -0.132. The Balaban J connectivity index is 1.69. The van der Waals surface area contributed by atoms with Gasteiger partial charge in [-0.05, 0) is 60.2 Å². The van der Waals surface area contributed by atoms with Gasteiger partial charge in [0.25, 0.3) is 11.7 Å². The van der Waals surface area contributed by atoms with Crippen LogP contribution < -0.4 is 24.4 Å². The Morgan fingerprint density at radius 1 is 1.08 bits per heavy atom. The number of benzene rings is 3. The van der Waals surface area contributed by atoms with Crippen LogP contribution in [0.1, 0.15) is 17.2 Å². The van der Waals surface area contributed by atoms with Crippen molar-refractivity contribution in [3.63, 3.8) is 0 Å². The minimum absolute atomic E-state index is 0.113. The van der Waals surface area contributed by atoms with E-state index in [0.717, 1.165) is 5.69 Å². The van der Waals surface area contributed by atoms with Crippen LogP contribution in [-0.4, -0.2) is 52.5 Å². The number of amides is 1. The molecule has 0 radical (unpaired) electrons. The second-order valence-electron chi connectivity index (χ2n) is 8.94. The first kappa shape index (κ1) is 25.3. The van der Waals surface area contributed by atoms with E-state index in [4.69, 9.17) is 14.6 Å². The van der Waals surface area contributed by atoms with E-state index >= 15 is 0 Å². The van der Waals surface area contributed by atoms with Crippen molar-refractivity contribution in [2.75, 3.05) is 37.1 Å². The van der Waals surface area contributed by atoms with Gasteiger partial charge in [-0.1, -0.05) is 12.1 Å². The van der Waals surface area contributed by atoms with E-state index in [0.29, 0.717) is 35.8 Å². The zero-order valence-corrected chi connectivity index (χ0v) is 21.4. The molecule has 0 spiro atoms. The topological polar surface area (TPSA) is 139 Å². The van der Waals surface area contributed by atoms with Crippen molar-refractivity contribution in [2.45, 2.75) is 10.9 Å². The van der Waals surface area contributed by atoms with E-state index in [1.54, 1.807) is 42.5 Å². The van der Waals surface area contributed by atoms with Crippen LogP contribution in [0, 0.1) is 0 Å². The van der Waals surface area contributed by atoms with Crippen LogP contribution in [0.25, 0.3) is 5.76 Å². The summed E-state index contributed by atoms with van der Waals surface area (Å²) in [6, 6.07) is 16.1. The van der Waals surface area contributed by atoms with Crippen LogP contribution in [0.4, 0.5) is 11.4 Å². The maximum Gasteiger partial charge on any atom is 0.300 e. The first-order valence-electron chi connectivity index (χ1n) is 11.7. The molecule has 1 atom stereocenters. The standard InChI is InChI=1S/C27H25N3O7S/c1-29-12-13-37-22-11-6-17(15-21(22)29)25(31)23-24(16-4-3-5-19(14-16)36-2)30(27(33)26(23)32)18-7-9-20(10-8-18)38(28,34)35/h3-11,14-15,24,31H,12-13H2,1-2H3,(H2,28,34,35)/b25-23-. The number of hydrogen-bond acceptors (Lipinski definition) is 8. The molecule has 3 aromatic carbocycles. The highest BCUT2D eigenvalue weighted by Gasteiger charge is 2.47. The number of ketones is 1. The molecule has 0 aliphatic carbocycles. The largest absolute Gasteiger partial charge is 0.507 e. The van der Waals surface area contributed by atoms with Crippen LogP contribution in [0.15, 0.2) is 77.2 Å². The molecule has 0 bridgehead atoms. The Labute approximate surface area is 219 Å². The third-order valence-corrected chi connectivity index (χ3v) is 7.55. The molecule has 2 aliphatic rings. The molecule has 2 heterocycles. The van der Waals surface area contributed by atoms with E-state index in [1.807, 2.05) is 11.9 Å². The van der Waals surface area contributed by atoms with Crippen LogP contribution in [-0.2, 0) is 19.6 Å². The highest BCUT2D eigenvalue weighted by Crippen LogP contribution is 2.44. The lowest BCUT2D eigenvalue weighted by atomic mass is 9.94. The number of aliphatic hydroxyl groups is 1. The van der Waals surface area contributed by atoms with Gasteiger partial charge >= 0.3 is 0 Å². The smallest absolute Gasteiger partial charge is 0.300 e. The predicted octanol–water partition coefficient (Wildman–Crippen LogP) is 2.80. The number of ether oxygens (including phenoxy) is 2. The molecule has 0 aromatic heterocycles. The first-order valence-corrected chi connectivity index (χ1v) is 13.2. The highest BCUT2D eigenvalue weighted by atomic mass is 32.2. The number of carbonyl (C=O) groups excluding carboxylic acids is 2. The fourth-order valence-electron chi connectivity index (χ4n) is 4.68. The van der Waals surface area contributed by atoms with Crippen molar-refractivity contribution >= 4 is 38.8 Å². The van der Waals surface area contributed by atoms with Crippen LogP contribution in [0.3, 0.4) is 0 Å². The molecule has 1 saturated heterocycles. The fraction of sp³-hybridized carbons (Fsp3) is 0.185. The molecule has 3 aromatic rings. The van der Waals surface area contributed by atoms with Gasteiger partial charge in [0.15, 0.2) is 0 Å². The Morgan fingerprint density at radius 3 is 2.50 bits per heavy atom. The summed E-state index contributed by atoms with van der Waals surface area (Å²) in [5.41, 5.74) is 1.74. The van der Waals surface area contributed by atoms with Crippen LogP contribution in [0.2, 0.25) is 0 Å². The number of nitrogens with zero attached hydrogens (tertiary/aromatic N) is 2. The van der Waals surface area contributed by atoms with E-state index in [1.165, 1.54) is 36.3 Å². The monoisotopic (exact) mass is 535 g/mol. The zero-order chi connectivity index (χ0) is 27.2. The SMILES string of the molecule is COc1cccc(C2/C(=C(/O)c3ccc4c(c3)N(C)CCO4)C(=O)C(=O)N2c2ccc(S(N)(=O)=O)cc2)c1. The molecule has 1 amide bonds. The van der Waals surface area contributed by atoms with Crippen molar-refractivity contribution < 1.29 is 32.6 Å². The molecular formula is C27H25N3O7S. The number of primary sulfonamides is 1. The summed E-state index contributed by atoms with van der Waals surface area (Å²) < 4.78 is 34.5. The van der Waals surface area contributed by atoms with Crippen molar-refractivity contribution in [3.05, 3.63) is 83.4 Å². The van der Waals surface area contributed by atoms with Crippen molar-refractivity contribution in [2.24, 2.45) is 5.14 Å². The number of fused-ring (bicyclic) bond motifs is 1. The molecule has 11 heteroatoms. The highest BCUT2D eigenvalue weighted by molar-refractivity contribution is 7.89. The van der Waals surface area contributed by atoms with Gasteiger partial charge in [-0.25, -0.2) is 13.6 Å². The van der Waals surface area contributed by atoms with E-state index in [-0.39, 0.29) is 21.9 Å². The normalized spacial score (nSPS) is 18.8. The number of Topliss-reactive ketones (excluding diaryl/α,β-unsaturated/α-hetero) is 1. The number of hydrogen-bond donors (Lipinski definition) is 2. The van der Waals surface area contributed by atoms with E-state index < -0.39 is 27.8 Å². The summed E-state index contributed by atoms with van der Waals surface area (Å²) in [7, 11) is -0.577. The quantitative estimate of drug-likeness (QED) is 0.289. The maximum absolute atomic E-state index is 13.4. The van der Waals surface area contributed by atoms with Crippen molar-refractivity contribution in [1.82, 2.24) is 0 Å². The number of aliphatic hydroxyl groups excluding tert-OH is 1.